The van der Waals surface area contributed by atoms with Crippen molar-refractivity contribution >= 4 is 5.91 Å². The molecule has 1 saturated heterocycles. The van der Waals surface area contributed by atoms with Crippen molar-refractivity contribution in [1.29, 1.82) is 0 Å². The minimum Gasteiger partial charge on any atom is -0.351 e. The van der Waals surface area contributed by atoms with E-state index in [0.717, 1.165) is 54.9 Å². The number of likely N-dealkylation sites (tertiary alicyclic amines) is 1. The van der Waals surface area contributed by atoms with E-state index in [2.05, 4.69) is 26.4 Å². The van der Waals surface area contributed by atoms with Crippen molar-refractivity contribution in [3.63, 3.8) is 0 Å². The van der Waals surface area contributed by atoms with Gasteiger partial charge < -0.3 is 5.32 Å². The molecule has 0 radical (unpaired) electrons. The molecule has 25 heavy (non-hydrogen) atoms. The minimum absolute atomic E-state index is 0.0637. The quantitative estimate of drug-likeness (QED) is 0.905. The van der Waals surface area contributed by atoms with E-state index >= 15 is 0 Å². The van der Waals surface area contributed by atoms with E-state index < -0.39 is 0 Å². The van der Waals surface area contributed by atoms with Gasteiger partial charge in [-0.3, -0.25) is 19.4 Å². The van der Waals surface area contributed by atoms with Crippen LogP contribution in [-0.4, -0.2) is 38.2 Å². The highest BCUT2D eigenvalue weighted by Crippen LogP contribution is 2.20. The summed E-state index contributed by atoms with van der Waals surface area (Å²) in [6.45, 7) is 6.30. The molecule has 1 aliphatic rings. The maximum absolute atomic E-state index is 12.8. The van der Waals surface area contributed by atoms with E-state index in [4.69, 9.17) is 0 Å². The SMILES string of the molecule is Cc1nn(C)c(C)c1CNC(=O)C1CCCCN1Cc1cccnc1. The Balaban J connectivity index is 1.64. The van der Waals surface area contributed by atoms with Crippen LogP contribution in [0, 0.1) is 13.8 Å². The number of pyridine rings is 1. The molecule has 0 aromatic carbocycles. The predicted octanol–water partition coefficient (Wildman–Crippen LogP) is 2.10. The average molecular weight is 341 g/mol. The Labute approximate surface area is 149 Å². The van der Waals surface area contributed by atoms with Crippen molar-refractivity contribution in [3.8, 4) is 0 Å². The number of nitrogens with one attached hydrogen (secondary N) is 1. The second-order valence-corrected chi connectivity index (χ2v) is 6.83. The van der Waals surface area contributed by atoms with Gasteiger partial charge in [-0.1, -0.05) is 12.5 Å². The summed E-state index contributed by atoms with van der Waals surface area (Å²) in [5, 5.41) is 7.55. The summed E-state index contributed by atoms with van der Waals surface area (Å²) in [7, 11) is 1.93. The van der Waals surface area contributed by atoms with Gasteiger partial charge in [0.2, 0.25) is 5.91 Å². The second-order valence-electron chi connectivity index (χ2n) is 6.83. The second kappa shape index (κ2) is 7.78. The van der Waals surface area contributed by atoms with Gasteiger partial charge in [0.25, 0.3) is 0 Å². The van der Waals surface area contributed by atoms with E-state index in [-0.39, 0.29) is 11.9 Å². The Hall–Kier alpha value is -2.21. The molecule has 1 fully saturated rings. The molecule has 0 bridgehead atoms. The predicted molar refractivity (Wildman–Crippen MR) is 96.8 cm³/mol. The lowest BCUT2D eigenvalue weighted by Gasteiger charge is -2.34. The topological polar surface area (TPSA) is 63.1 Å². The summed E-state index contributed by atoms with van der Waals surface area (Å²) >= 11 is 0. The first kappa shape index (κ1) is 17.6. The number of carbonyl (C=O) groups excluding carboxylic acids is 1. The molecule has 2 aromatic rings. The summed E-state index contributed by atoms with van der Waals surface area (Å²) in [5.74, 6) is 0.117. The molecule has 1 atom stereocenters. The number of aromatic nitrogens is 3. The maximum Gasteiger partial charge on any atom is 0.237 e. The summed E-state index contributed by atoms with van der Waals surface area (Å²) < 4.78 is 1.87. The lowest BCUT2D eigenvalue weighted by molar-refractivity contribution is -0.128. The van der Waals surface area contributed by atoms with Crippen LogP contribution in [0.1, 0.15) is 41.8 Å². The van der Waals surface area contributed by atoms with Crippen LogP contribution < -0.4 is 5.32 Å². The fraction of sp³-hybridized carbons (Fsp3) is 0.526. The molecule has 3 rings (SSSR count). The zero-order chi connectivity index (χ0) is 17.8. The highest BCUT2D eigenvalue weighted by molar-refractivity contribution is 5.81. The fourth-order valence-electron chi connectivity index (χ4n) is 3.57. The van der Waals surface area contributed by atoms with Gasteiger partial charge in [0.1, 0.15) is 0 Å². The van der Waals surface area contributed by atoms with Crippen molar-refractivity contribution in [2.45, 2.75) is 52.2 Å². The van der Waals surface area contributed by atoms with Gasteiger partial charge in [-0.25, -0.2) is 0 Å². The number of hydrogen-bond donors (Lipinski definition) is 1. The fourth-order valence-corrected chi connectivity index (χ4v) is 3.57. The molecule has 3 heterocycles. The van der Waals surface area contributed by atoms with Gasteiger partial charge >= 0.3 is 0 Å². The summed E-state index contributed by atoms with van der Waals surface area (Å²) in [4.78, 5) is 19.3. The standard InChI is InChI=1S/C19H27N5O/c1-14-17(15(2)23(3)22-14)12-21-19(25)18-8-4-5-10-24(18)13-16-7-6-9-20-11-16/h6-7,9,11,18H,4-5,8,10,12-13H2,1-3H3,(H,21,25). The normalized spacial score (nSPS) is 18.3. The molecule has 1 amide bonds. The molecule has 0 spiro atoms. The Morgan fingerprint density at radius 1 is 1.36 bits per heavy atom. The van der Waals surface area contributed by atoms with Crippen LogP contribution in [0.25, 0.3) is 0 Å². The number of hydrogen-bond acceptors (Lipinski definition) is 4. The monoisotopic (exact) mass is 341 g/mol. The van der Waals surface area contributed by atoms with Gasteiger partial charge in [-0.2, -0.15) is 5.10 Å². The Kier molecular flexibility index (Phi) is 5.48. The molecule has 6 nitrogen and oxygen atoms in total. The van der Waals surface area contributed by atoms with Crippen LogP contribution in [0.2, 0.25) is 0 Å². The van der Waals surface area contributed by atoms with E-state index in [0.29, 0.717) is 6.54 Å². The third kappa shape index (κ3) is 4.07. The van der Waals surface area contributed by atoms with E-state index in [1.807, 2.05) is 37.8 Å². The zero-order valence-corrected chi connectivity index (χ0v) is 15.3. The van der Waals surface area contributed by atoms with Crippen LogP contribution in [0.3, 0.4) is 0 Å². The van der Waals surface area contributed by atoms with Crippen molar-refractivity contribution in [1.82, 2.24) is 25.0 Å². The summed E-state index contributed by atoms with van der Waals surface area (Å²) in [6.07, 6.45) is 6.82. The number of amides is 1. The summed E-state index contributed by atoms with van der Waals surface area (Å²) in [6, 6.07) is 3.95. The van der Waals surface area contributed by atoms with Gasteiger partial charge in [0.15, 0.2) is 0 Å². The lowest BCUT2D eigenvalue weighted by Crippen LogP contribution is -2.48. The molecular formula is C19H27N5O. The van der Waals surface area contributed by atoms with E-state index in [9.17, 15) is 4.79 Å². The molecule has 1 unspecified atom stereocenters. The highest BCUT2D eigenvalue weighted by Gasteiger charge is 2.28. The lowest BCUT2D eigenvalue weighted by atomic mass is 10.0. The van der Waals surface area contributed by atoms with Crippen LogP contribution in [0.5, 0.6) is 0 Å². The summed E-state index contributed by atoms with van der Waals surface area (Å²) in [5.41, 5.74) is 4.36. The molecule has 134 valence electrons. The number of aryl methyl sites for hydroxylation is 2. The molecule has 6 heteroatoms. The minimum atomic E-state index is -0.0637. The Bertz CT molecular complexity index is 725. The average Bonchev–Trinajstić information content (AvgIpc) is 2.86. The van der Waals surface area contributed by atoms with Gasteiger partial charge in [0.05, 0.1) is 11.7 Å². The number of rotatable bonds is 5. The Morgan fingerprint density at radius 2 is 2.20 bits per heavy atom. The van der Waals surface area contributed by atoms with E-state index in [1.165, 1.54) is 0 Å². The first-order valence-corrected chi connectivity index (χ1v) is 8.96. The maximum atomic E-state index is 12.8. The third-order valence-corrected chi connectivity index (χ3v) is 5.12. The first-order valence-electron chi connectivity index (χ1n) is 8.96. The van der Waals surface area contributed by atoms with Gasteiger partial charge in [-0.05, 0) is 44.9 Å². The first-order chi connectivity index (χ1) is 12.1. The van der Waals surface area contributed by atoms with Gasteiger partial charge in [-0.15, -0.1) is 0 Å². The van der Waals surface area contributed by atoms with Crippen molar-refractivity contribution in [2.75, 3.05) is 6.54 Å². The van der Waals surface area contributed by atoms with E-state index in [1.54, 1.807) is 6.20 Å². The molecule has 1 N–H and O–H groups in total. The highest BCUT2D eigenvalue weighted by atomic mass is 16.2. The smallest absolute Gasteiger partial charge is 0.237 e. The molecule has 0 aliphatic carbocycles. The number of nitrogens with zero attached hydrogens (tertiary/aromatic N) is 4. The van der Waals surface area contributed by atoms with Crippen LogP contribution in [0.15, 0.2) is 24.5 Å². The van der Waals surface area contributed by atoms with Crippen molar-refractivity contribution in [3.05, 3.63) is 47.0 Å². The molecule has 0 saturated carbocycles. The number of piperidine rings is 1. The molecule has 2 aromatic heterocycles. The van der Waals surface area contributed by atoms with Crippen LogP contribution in [-0.2, 0) is 24.9 Å². The third-order valence-electron chi connectivity index (χ3n) is 5.12. The Morgan fingerprint density at radius 3 is 2.88 bits per heavy atom. The van der Waals surface area contributed by atoms with Gasteiger partial charge in [0, 0.05) is 43.8 Å². The van der Waals surface area contributed by atoms with Crippen molar-refractivity contribution < 1.29 is 4.79 Å². The molecule has 1 aliphatic heterocycles. The largest absolute Gasteiger partial charge is 0.351 e. The zero-order valence-electron chi connectivity index (χ0n) is 15.3. The molecular weight excluding hydrogens is 314 g/mol. The van der Waals surface area contributed by atoms with Crippen molar-refractivity contribution in [2.24, 2.45) is 7.05 Å². The van der Waals surface area contributed by atoms with Crippen LogP contribution in [0.4, 0.5) is 0 Å². The van der Waals surface area contributed by atoms with Crippen LogP contribution >= 0.6 is 0 Å². The number of carbonyl (C=O) groups is 1.